The predicted octanol–water partition coefficient (Wildman–Crippen LogP) is 1.08. The van der Waals surface area contributed by atoms with Crippen LogP contribution in [-0.4, -0.2) is 24.5 Å². The van der Waals surface area contributed by atoms with Gasteiger partial charge in [0.05, 0.1) is 6.42 Å². The Morgan fingerprint density at radius 2 is 2.24 bits per heavy atom. The fourth-order valence-corrected chi connectivity index (χ4v) is 1.59. The molecule has 0 aliphatic rings. The number of carbonyl (C=O) groups is 1. The summed E-state index contributed by atoms with van der Waals surface area (Å²) in [7, 11) is 1.91. The molecule has 0 aliphatic carbocycles. The quantitative estimate of drug-likeness (QED) is 0.590. The molecule has 5 nitrogen and oxygen atoms in total. The molecule has 1 rings (SSSR count). The summed E-state index contributed by atoms with van der Waals surface area (Å²) >= 11 is 6.04. The van der Waals surface area contributed by atoms with Crippen LogP contribution in [0.2, 0.25) is 5.02 Å². The van der Waals surface area contributed by atoms with Gasteiger partial charge in [-0.1, -0.05) is 35.4 Å². The van der Waals surface area contributed by atoms with E-state index < -0.39 is 5.97 Å². The number of halogens is 1. The maximum atomic E-state index is 11.0. The van der Waals surface area contributed by atoms with Gasteiger partial charge in [0.15, 0.2) is 0 Å². The predicted molar refractivity (Wildman–Crippen MR) is 65.8 cm³/mol. The van der Waals surface area contributed by atoms with Gasteiger partial charge in [0.1, 0.15) is 0 Å². The summed E-state index contributed by atoms with van der Waals surface area (Å²) < 4.78 is 0. The number of hydrazine groups is 1. The Hall–Kier alpha value is -1.14. The van der Waals surface area contributed by atoms with Crippen molar-refractivity contribution in [1.29, 1.82) is 0 Å². The van der Waals surface area contributed by atoms with Crippen LogP contribution in [0, 0.1) is 0 Å². The largest absolute Gasteiger partial charge is 0.356 e. The third-order valence-corrected chi connectivity index (χ3v) is 2.64. The molecule has 94 valence electrons. The first kappa shape index (κ1) is 13.9. The van der Waals surface area contributed by atoms with Gasteiger partial charge in [0, 0.05) is 18.1 Å². The van der Waals surface area contributed by atoms with Crippen molar-refractivity contribution in [3.8, 4) is 0 Å². The lowest BCUT2D eigenvalue weighted by atomic mass is 10.2. The number of benzene rings is 1. The monoisotopic (exact) mass is 257 g/mol. The summed E-state index contributed by atoms with van der Waals surface area (Å²) in [5, 5.41) is 0.727. The average Bonchev–Trinajstić information content (AvgIpc) is 2.30. The first-order valence-corrected chi connectivity index (χ1v) is 5.58. The number of hydrogen-bond acceptors (Lipinski definition) is 5. The van der Waals surface area contributed by atoms with Crippen LogP contribution in [-0.2, 0) is 16.2 Å². The molecule has 0 saturated heterocycles. The van der Waals surface area contributed by atoms with Gasteiger partial charge in [0.2, 0.25) is 0 Å². The molecule has 0 atom stereocenters. The smallest absolute Gasteiger partial charge is 0.327 e. The molecule has 0 fully saturated rings. The van der Waals surface area contributed by atoms with E-state index in [4.69, 9.17) is 17.4 Å². The first-order valence-electron chi connectivity index (χ1n) is 5.20. The summed E-state index contributed by atoms with van der Waals surface area (Å²) in [6.07, 6.45) is 0.269. The van der Waals surface area contributed by atoms with Gasteiger partial charge >= 0.3 is 5.97 Å². The topological polar surface area (TPSA) is 67.6 Å². The van der Waals surface area contributed by atoms with Crippen LogP contribution in [0.15, 0.2) is 24.3 Å². The fraction of sp³-hybridized carbons (Fsp3) is 0.364. The van der Waals surface area contributed by atoms with Gasteiger partial charge in [-0.25, -0.2) is 5.84 Å². The third-order valence-electron chi connectivity index (χ3n) is 2.27. The minimum atomic E-state index is -0.390. The lowest BCUT2D eigenvalue weighted by molar-refractivity contribution is -0.151. The molecule has 0 radical (unpaired) electrons. The van der Waals surface area contributed by atoms with E-state index in [1.54, 1.807) is 0 Å². The highest BCUT2D eigenvalue weighted by atomic mass is 35.5. The second kappa shape index (κ2) is 7.24. The van der Waals surface area contributed by atoms with Crippen molar-refractivity contribution >= 4 is 17.6 Å². The van der Waals surface area contributed by atoms with Crippen molar-refractivity contribution in [1.82, 2.24) is 10.5 Å². The summed E-state index contributed by atoms with van der Waals surface area (Å²) in [5.74, 6) is 4.46. The molecule has 0 aliphatic heterocycles. The van der Waals surface area contributed by atoms with Crippen LogP contribution >= 0.6 is 11.6 Å². The minimum absolute atomic E-state index is 0.269. The van der Waals surface area contributed by atoms with Gasteiger partial charge in [0.25, 0.3) is 0 Å². The summed E-state index contributed by atoms with van der Waals surface area (Å²) in [6, 6.07) is 7.62. The zero-order valence-electron chi connectivity index (χ0n) is 9.65. The van der Waals surface area contributed by atoms with Gasteiger partial charge < -0.3 is 9.74 Å². The number of nitrogens with two attached hydrogens (primary N) is 1. The third kappa shape index (κ3) is 5.14. The van der Waals surface area contributed by atoms with E-state index in [1.165, 1.54) is 0 Å². The van der Waals surface area contributed by atoms with Crippen LogP contribution in [0.5, 0.6) is 0 Å². The van der Waals surface area contributed by atoms with E-state index in [0.717, 1.165) is 10.6 Å². The molecular weight excluding hydrogens is 242 g/mol. The Labute approximate surface area is 105 Å². The number of nitrogens with one attached hydrogen (secondary N) is 1. The standard InChI is InChI=1S/C11H16ClN3O2/c1-15(7-6-11(16)17-14-13)8-9-4-2-3-5-10(9)12/h2-5,14H,6-8,13H2,1H3. The molecule has 0 aromatic heterocycles. The van der Waals surface area contributed by atoms with Crippen LogP contribution in [0.25, 0.3) is 0 Å². The van der Waals surface area contributed by atoms with Crippen molar-refractivity contribution in [2.75, 3.05) is 13.6 Å². The molecule has 0 bridgehead atoms. The number of nitrogens with zero attached hydrogens (tertiary/aromatic N) is 1. The SMILES string of the molecule is CN(CCC(=O)ONN)Cc1ccccc1Cl. The van der Waals surface area contributed by atoms with Crippen LogP contribution in [0.1, 0.15) is 12.0 Å². The van der Waals surface area contributed by atoms with E-state index in [-0.39, 0.29) is 6.42 Å². The molecule has 0 heterocycles. The maximum Gasteiger partial charge on any atom is 0.327 e. The molecule has 6 heteroatoms. The molecular formula is C11H16ClN3O2. The molecule has 3 N–H and O–H groups in total. The molecule has 1 aromatic rings. The van der Waals surface area contributed by atoms with Gasteiger partial charge in [-0.2, -0.15) is 0 Å². The second-order valence-electron chi connectivity index (χ2n) is 3.67. The van der Waals surface area contributed by atoms with E-state index in [1.807, 2.05) is 41.8 Å². The zero-order valence-corrected chi connectivity index (χ0v) is 10.4. The van der Waals surface area contributed by atoms with Gasteiger partial charge in [-0.05, 0) is 18.7 Å². The number of rotatable bonds is 6. The molecule has 0 saturated carbocycles. The molecule has 0 unspecified atom stereocenters. The molecule has 0 amide bonds. The Balaban J connectivity index is 2.37. The van der Waals surface area contributed by atoms with Crippen LogP contribution < -0.4 is 11.4 Å². The van der Waals surface area contributed by atoms with Crippen molar-refractivity contribution in [2.24, 2.45) is 5.84 Å². The molecule has 17 heavy (non-hydrogen) atoms. The first-order chi connectivity index (χ1) is 8.13. The van der Waals surface area contributed by atoms with E-state index in [9.17, 15) is 4.79 Å². The Bertz CT molecular complexity index is 373. The average molecular weight is 258 g/mol. The fourth-order valence-electron chi connectivity index (χ4n) is 1.40. The van der Waals surface area contributed by atoms with E-state index >= 15 is 0 Å². The molecule has 0 spiro atoms. The highest BCUT2D eigenvalue weighted by Gasteiger charge is 2.07. The highest BCUT2D eigenvalue weighted by molar-refractivity contribution is 6.31. The van der Waals surface area contributed by atoms with E-state index in [0.29, 0.717) is 13.1 Å². The van der Waals surface area contributed by atoms with Crippen molar-refractivity contribution in [3.05, 3.63) is 34.9 Å². The van der Waals surface area contributed by atoms with Gasteiger partial charge in [-0.3, -0.25) is 4.79 Å². The Morgan fingerprint density at radius 1 is 1.53 bits per heavy atom. The minimum Gasteiger partial charge on any atom is -0.356 e. The maximum absolute atomic E-state index is 11.0. The lowest BCUT2D eigenvalue weighted by Gasteiger charge is -2.16. The van der Waals surface area contributed by atoms with Gasteiger partial charge in [-0.15, -0.1) is 0 Å². The van der Waals surface area contributed by atoms with E-state index in [2.05, 4.69) is 4.84 Å². The second-order valence-corrected chi connectivity index (χ2v) is 4.08. The summed E-state index contributed by atoms with van der Waals surface area (Å²) in [5.41, 5.74) is 2.89. The summed E-state index contributed by atoms with van der Waals surface area (Å²) in [4.78, 5) is 17.4. The zero-order chi connectivity index (χ0) is 12.7. The Morgan fingerprint density at radius 3 is 2.88 bits per heavy atom. The normalized spacial score (nSPS) is 10.6. The molecule has 1 aromatic carbocycles. The summed E-state index contributed by atoms with van der Waals surface area (Å²) in [6.45, 7) is 1.26. The highest BCUT2D eigenvalue weighted by Crippen LogP contribution is 2.16. The van der Waals surface area contributed by atoms with Crippen molar-refractivity contribution < 1.29 is 9.63 Å². The Kier molecular flexibility index (Phi) is 5.93. The van der Waals surface area contributed by atoms with Crippen LogP contribution in [0.4, 0.5) is 0 Å². The number of carbonyl (C=O) groups excluding carboxylic acids is 1. The number of hydrogen-bond donors (Lipinski definition) is 2. The lowest BCUT2D eigenvalue weighted by Crippen LogP contribution is -2.29. The van der Waals surface area contributed by atoms with Crippen molar-refractivity contribution in [2.45, 2.75) is 13.0 Å². The van der Waals surface area contributed by atoms with Crippen molar-refractivity contribution in [3.63, 3.8) is 0 Å². The van der Waals surface area contributed by atoms with Crippen LogP contribution in [0.3, 0.4) is 0 Å².